The average Bonchev–Trinajstić information content (AvgIpc) is 3.45. The lowest BCUT2D eigenvalue weighted by Crippen LogP contribution is -2.23. The van der Waals surface area contributed by atoms with Crippen molar-refractivity contribution >= 4 is 35.0 Å². The van der Waals surface area contributed by atoms with Crippen LogP contribution in [0.25, 0.3) is 17.3 Å². The Morgan fingerprint density at radius 3 is 2.25 bits per heavy atom. The molecule has 2 heterocycles. The first-order valence-electron chi connectivity index (χ1n) is 9.91. The second kappa shape index (κ2) is 9.52. The number of para-hydroxylation sites is 1. The zero-order valence-corrected chi connectivity index (χ0v) is 18.3. The third-order valence-corrected chi connectivity index (χ3v) is 5.56. The number of furan rings is 1. The molecule has 0 aliphatic heterocycles. The summed E-state index contributed by atoms with van der Waals surface area (Å²) in [5.41, 5.74) is 2.17. The Kier molecular flexibility index (Phi) is 6.37. The van der Waals surface area contributed by atoms with Gasteiger partial charge in [0.05, 0.1) is 11.5 Å². The van der Waals surface area contributed by atoms with Gasteiger partial charge in [0.2, 0.25) is 17.6 Å². The number of benzene rings is 2. The molecule has 2 aromatic heterocycles. The fourth-order valence-corrected chi connectivity index (χ4v) is 3.88. The summed E-state index contributed by atoms with van der Waals surface area (Å²) in [6.07, 6.45) is 1.58. The van der Waals surface area contributed by atoms with Crippen LogP contribution in [0.15, 0.2) is 82.6 Å². The number of nitrogens with zero attached hydrogens (tertiary/aromatic N) is 3. The second-order valence-corrected chi connectivity index (χ2v) is 8.27. The monoisotopic (exact) mass is 447 g/mol. The summed E-state index contributed by atoms with van der Waals surface area (Å²) in [7, 11) is 0. The Morgan fingerprint density at radius 1 is 0.938 bits per heavy atom. The Morgan fingerprint density at radius 2 is 1.62 bits per heavy atom. The van der Waals surface area contributed by atoms with Gasteiger partial charge in [0.1, 0.15) is 0 Å². The van der Waals surface area contributed by atoms with E-state index in [0.717, 1.165) is 5.69 Å². The first kappa shape index (κ1) is 21.4. The number of carbonyl (C=O) groups is 2. The lowest BCUT2D eigenvalue weighted by molar-refractivity contribution is -0.115. The molecular weight excluding hydrogens is 426 g/mol. The number of anilines is 2. The van der Waals surface area contributed by atoms with E-state index >= 15 is 0 Å². The van der Waals surface area contributed by atoms with Gasteiger partial charge in [-0.15, -0.1) is 10.2 Å². The van der Waals surface area contributed by atoms with E-state index < -0.39 is 5.25 Å². The van der Waals surface area contributed by atoms with E-state index in [1.165, 1.54) is 18.7 Å². The number of thioether (sulfide) groups is 1. The Labute approximate surface area is 189 Å². The predicted molar refractivity (Wildman–Crippen MR) is 124 cm³/mol. The van der Waals surface area contributed by atoms with E-state index in [4.69, 9.17) is 4.42 Å². The Balaban J connectivity index is 1.52. The van der Waals surface area contributed by atoms with Crippen LogP contribution in [0, 0.1) is 0 Å². The van der Waals surface area contributed by atoms with Crippen LogP contribution in [-0.2, 0) is 9.59 Å². The molecular formula is C23H21N5O3S. The van der Waals surface area contributed by atoms with Crippen molar-refractivity contribution in [3.8, 4) is 17.3 Å². The standard InChI is InChI=1S/C23H21N5O3S/c1-15(22(30)25-18-12-10-17(11-13-18)24-16(2)29)32-23-27-26-21(20-9-6-14-31-20)28(23)19-7-4-3-5-8-19/h3-15H,1-2H3,(H,24,29)(H,25,30). The van der Waals surface area contributed by atoms with Crippen molar-refractivity contribution in [3.05, 3.63) is 73.0 Å². The highest BCUT2D eigenvalue weighted by Gasteiger charge is 2.23. The molecule has 0 radical (unpaired) electrons. The second-order valence-electron chi connectivity index (χ2n) is 6.96. The van der Waals surface area contributed by atoms with Crippen LogP contribution in [0.1, 0.15) is 13.8 Å². The minimum absolute atomic E-state index is 0.150. The van der Waals surface area contributed by atoms with E-state index in [0.29, 0.717) is 28.1 Å². The van der Waals surface area contributed by atoms with Crippen molar-refractivity contribution < 1.29 is 14.0 Å². The minimum Gasteiger partial charge on any atom is -0.461 e. The lowest BCUT2D eigenvalue weighted by Gasteiger charge is -2.14. The van der Waals surface area contributed by atoms with Crippen molar-refractivity contribution in [1.82, 2.24) is 14.8 Å². The Hall–Kier alpha value is -3.85. The van der Waals surface area contributed by atoms with Gasteiger partial charge < -0.3 is 15.1 Å². The molecule has 2 N–H and O–H groups in total. The molecule has 1 unspecified atom stereocenters. The molecule has 2 amide bonds. The highest BCUT2D eigenvalue weighted by molar-refractivity contribution is 8.00. The highest BCUT2D eigenvalue weighted by Crippen LogP contribution is 2.30. The molecule has 4 rings (SSSR count). The largest absolute Gasteiger partial charge is 0.461 e. The zero-order valence-electron chi connectivity index (χ0n) is 17.5. The first-order valence-corrected chi connectivity index (χ1v) is 10.8. The zero-order chi connectivity index (χ0) is 22.5. The van der Waals surface area contributed by atoms with Gasteiger partial charge in [0.25, 0.3) is 0 Å². The number of aromatic nitrogens is 3. The van der Waals surface area contributed by atoms with Crippen LogP contribution in [0.5, 0.6) is 0 Å². The maximum absolute atomic E-state index is 12.8. The van der Waals surface area contributed by atoms with Gasteiger partial charge in [-0.1, -0.05) is 30.0 Å². The van der Waals surface area contributed by atoms with Gasteiger partial charge in [-0.25, -0.2) is 0 Å². The van der Waals surface area contributed by atoms with E-state index in [2.05, 4.69) is 20.8 Å². The van der Waals surface area contributed by atoms with Crippen molar-refractivity contribution in [2.75, 3.05) is 10.6 Å². The molecule has 0 spiro atoms. The van der Waals surface area contributed by atoms with Gasteiger partial charge in [-0.05, 0) is 55.5 Å². The van der Waals surface area contributed by atoms with Crippen molar-refractivity contribution in [3.63, 3.8) is 0 Å². The number of carbonyl (C=O) groups excluding carboxylic acids is 2. The number of amides is 2. The van der Waals surface area contributed by atoms with Crippen LogP contribution < -0.4 is 10.6 Å². The molecule has 8 nitrogen and oxygen atoms in total. The van der Waals surface area contributed by atoms with Crippen molar-refractivity contribution in [2.45, 2.75) is 24.3 Å². The van der Waals surface area contributed by atoms with Crippen molar-refractivity contribution in [1.29, 1.82) is 0 Å². The minimum atomic E-state index is -0.443. The summed E-state index contributed by atoms with van der Waals surface area (Å²) in [5.74, 6) is 0.821. The maximum Gasteiger partial charge on any atom is 0.237 e. The number of hydrogen-bond acceptors (Lipinski definition) is 6. The molecule has 0 bridgehead atoms. The summed E-state index contributed by atoms with van der Waals surface area (Å²) in [6.45, 7) is 3.25. The molecule has 0 saturated heterocycles. The molecule has 4 aromatic rings. The van der Waals surface area contributed by atoms with Crippen LogP contribution in [-0.4, -0.2) is 31.8 Å². The third-order valence-electron chi connectivity index (χ3n) is 4.51. The highest BCUT2D eigenvalue weighted by atomic mass is 32.2. The fourth-order valence-electron chi connectivity index (χ4n) is 3.02. The summed E-state index contributed by atoms with van der Waals surface area (Å²) in [4.78, 5) is 23.9. The van der Waals surface area contributed by atoms with Gasteiger partial charge in [0.15, 0.2) is 10.9 Å². The summed E-state index contributed by atoms with van der Waals surface area (Å²) in [6, 6.07) is 20.2. The van der Waals surface area contributed by atoms with Gasteiger partial charge in [-0.2, -0.15) is 0 Å². The smallest absolute Gasteiger partial charge is 0.237 e. The normalized spacial score (nSPS) is 11.7. The predicted octanol–water partition coefficient (Wildman–Crippen LogP) is 4.61. The molecule has 0 aliphatic rings. The Bertz CT molecular complexity index is 1200. The van der Waals surface area contributed by atoms with Crippen molar-refractivity contribution in [2.24, 2.45) is 0 Å². The molecule has 0 saturated carbocycles. The van der Waals surface area contributed by atoms with Gasteiger partial charge >= 0.3 is 0 Å². The van der Waals surface area contributed by atoms with E-state index in [1.54, 1.807) is 36.6 Å². The molecule has 1 atom stereocenters. The third kappa shape index (κ3) is 4.89. The first-order chi connectivity index (χ1) is 15.5. The average molecular weight is 448 g/mol. The summed E-state index contributed by atoms with van der Waals surface area (Å²) >= 11 is 1.30. The topological polar surface area (TPSA) is 102 Å². The van der Waals surface area contributed by atoms with Crippen LogP contribution in [0.4, 0.5) is 11.4 Å². The van der Waals surface area contributed by atoms with Crippen LogP contribution in [0.3, 0.4) is 0 Å². The van der Waals surface area contributed by atoms with E-state index in [1.807, 2.05) is 47.9 Å². The summed E-state index contributed by atoms with van der Waals surface area (Å²) < 4.78 is 7.39. The van der Waals surface area contributed by atoms with Gasteiger partial charge in [-0.3, -0.25) is 14.2 Å². The van der Waals surface area contributed by atoms with E-state index in [-0.39, 0.29) is 11.8 Å². The SMILES string of the molecule is CC(=O)Nc1ccc(NC(=O)C(C)Sc2nnc(-c3ccco3)n2-c2ccccc2)cc1. The van der Waals surface area contributed by atoms with Gasteiger partial charge in [0, 0.05) is 24.0 Å². The van der Waals surface area contributed by atoms with E-state index in [9.17, 15) is 9.59 Å². The molecule has 2 aromatic carbocycles. The van der Waals surface area contributed by atoms with Crippen LogP contribution in [0.2, 0.25) is 0 Å². The number of hydrogen-bond donors (Lipinski definition) is 2. The lowest BCUT2D eigenvalue weighted by atomic mass is 10.2. The molecule has 9 heteroatoms. The van der Waals surface area contributed by atoms with Crippen LogP contribution >= 0.6 is 11.8 Å². The molecule has 0 fully saturated rings. The fraction of sp³-hybridized carbons (Fsp3) is 0.130. The number of rotatable bonds is 7. The molecule has 162 valence electrons. The maximum atomic E-state index is 12.8. The molecule has 0 aliphatic carbocycles. The quantitative estimate of drug-likeness (QED) is 0.401. The number of nitrogens with one attached hydrogen (secondary N) is 2. The summed E-state index contributed by atoms with van der Waals surface area (Å²) in [5, 5.41) is 14.3. The molecule has 32 heavy (non-hydrogen) atoms.